The molecule has 1 aliphatic rings. The summed E-state index contributed by atoms with van der Waals surface area (Å²) < 4.78 is 7.86. The first-order valence-corrected chi connectivity index (χ1v) is 9.46. The molecule has 0 radical (unpaired) electrons. The zero-order valence-electron chi connectivity index (χ0n) is 15.0. The third-order valence-electron chi connectivity index (χ3n) is 4.53. The Kier molecular flexibility index (Phi) is 4.82. The summed E-state index contributed by atoms with van der Waals surface area (Å²) in [6.07, 6.45) is 0.357. The number of carbonyl (C=O) groups is 1. The van der Waals surface area contributed by atoms with Crippen molar-refractivity contribution >= 4 is 28.8 Å². The lowest BCUT2D eigenvalue weighted by Gasteiger charge is -2.13. The van der Waals surface area contributed by atoms with E-state index in [2.05, 4.69) is 10.4 Å². The van der Waals surface area contributed by atoms with E-state index in [-0.39, 0.29) is 18.1 Å². The van der Waals surface area contributed by atoms with Gasteiger partial charge < -0.3 is 4.74 Å². The van der Waals surface area contributed by atoms with E-state index >= 15 is 0 Å². The second-order valence-corrected chi connectivity index (χ2v) is 7.45. The minimum Gasteiger partial charge on any atom is -0.485 e. The van der Waals surface area contributed by atoms with Gasteiger partial charge in [-0.1, -0.05) is 35.8 Å². The summed E-state index contributed by atoms with van der Waals surface area (Å²) in [4.78, 5) is 40.2. The fourth-order valence-electron chi connectivity index (χ4n) is 3.03. The number of nitroso groups, excluding NO2 is 1. The van der Waals surface area contributed by atoms with Crippen LogP contribution in [-0.4, -0.2) is 25.0 Å². The number of nitrogens with zero attached hydrogens (tertiary/aromatic N) is 3. The summed E-state index contributed by atoms with van der Waals surface area (Å²) in [5.74, 6) is 0.758. The van der Waals surface area contributed by atoms with Crippen LogP contribution in [0.3, 0.4) is 0 Å². The molecule has 1 amide bonds. The monoisotopic (exact) mass is 397 g/mol. The van der Waals surface area contributed by atoms with E-state index in [0.717, 1.165) is 17.5 Å². The maximum Gasteiger partial charge on any atom is 0.300 e. The van der Waals surface area contributed by atoms with Gasteiger partial charge in [0, 0.05) is 13.5 Å². The molecule has 2 aromatic carbocycles. The molecule has 1 fully saturated rings. The molecule has 0 spiro atoms. The second kappa shape index (κ2) is 7.43. The SMILES string of the molecule is Cn1c(COc2ccccc2CC2S[N+](=O)NC2=O)nc2ccccc2c1=O. The van der Waals surface area contributed by atoms with E-state index in [9.17, 15) is 14.5 Å². The zero-order valence-corrected chi connectivity index (χ0v) is 15.8. The average Bonchev–Trinajstić information content (AvgIpc) is 3.01. The molecule has 8 nitrogen and oxygen atoms in total. The largest absolute Gasteiger partial charge is 0.485 e. The zero-order chi connectivity index (χ0) is 19.7. The number of fused-ring (bicyclic) bond motifs is 1. The van der Waals surface area contributed by atoms with Crippen LogP contribution in [0.25, 0.3) is 10.9 Å². The van der Waals surface area contributed by atoms with Gasteiger partial charge in [0.05, 0.1) is 15.8 Å². The number of hydrogen-bond donors (Lipinski definition) is 1. The Bertz CT molecular complexity index is 1140. The van der Waals surface area contributed by atoms with Crippen LogP contribution in [0.15, 0.2) is 53.3 Å². The van der Waals surface area contributed by atoms with Gasteiger partial charge in [0.1, 0.15) is 18.2 Å². The highest BCUT2D eigenvalue weighted by Gasteiger charge is 2.41. The normalized spacial score (nSPS) is 16.4. The Morgan fingerprint density at radius 3 is 2.71 bits per heavy atom. The van der Waals surface area contributed by atoms with Crippen LogP contribution in [0.5, 0.6) is 5.75 Å². The van der Waals surface area contributed by atoms with Crippen LogP contribution in [0.2, 0.25) is 0 Å². The molecule has 1 aliphatic heterocycles. The molecule has 0 aliphatic carbocycles. The highest BCUT2D eigenvalue weighted by atomic mass is 32.2. The number of amides is 1. The fourth-order valence-corrected chi connectivity index (χ4v) is 3.81. The predicted octanol–water partition coefficient (Wildman–Crippen LogP) is 1.90. The standard InChI is InChI=1S/C19H16N4O4S/c1-22-17(20-14-8-4-3-7-13(14)19(22)25)11-27-15-9-5-2-6-12(15)10-16-18(24)21-23(26)28-16/h2-9,16H,10-11H2,1H3/p+1. The van der Waals surface area contributed by atoms with E-state index in [1.807, 2.05) is 24.3 Å². The van der Waals surface area contributed by atoms with Gasteiger partial charge in [-0.25, -0.2) is 4.98 Å². The summed E-state index contributed by atoms with van der Waals surface area (Å²) in [6, 6.07) is 14.5. The van der Waals surface area contributed by atoms with Crippen molar-refractivity contribution in [1.29, 1.82) is 0 Å². The van der Waals surface area contributed by atoms with Crippen LogP contribution in [0, 0.1) is 4.91 Å². The van der Waals surface area contributed by atoms with Crippen LogP contribution in [0.1, 0.15) is 11.4 Å². The Hall–Kier alpha value is -3.20. The molecule has 3 aromatic rings. The molecule has 1 N–H and O–H groups in total. The Balaban J connectivity index is 1.57. The van der Waals surface area contributed by atoms with E-state index < -0.39 is 5.25 Å². The minimum absolute atomic E-state index is 0.102. The highest BCUT2D eigenvalue weighted by molar-refractivity contribution is 7.95. The third-order valence-corrected chi connectivity index (χ3v) is 5.45. The number of ether oxygens (including phenoxy) is 1. The van der Waals surface area contributed by atoms with E-state index in [1.165, 1.54) is 4.57 Å². The molecule has 142 valence electrons. The maximum absolute atomic E-state index is 12.5. The Morgan fingerprint density at radius 2 is 1.93 bits per heavy atom. The van der Waals surface area contributed by atoms with Crippen molar-refractivity contribution in [3.05, 3.63) is 75.2 Å². The average molecular weight is 397 g/mol. The smallest absolute Gasteiger partial charge is 0.300 e. The predicted molar refractivity (Wildman–Crippen MR) is 105 cm³/mol. The van der Waals surface area contributed by atoms with Crippen LogP contribution < -0.4 is 15.7 Å². The number of rotatable bonds is 5. The lowest BCUT2D eigenvalue weighted by atomic mass is 10.1. The third kappa shape index (κ3) is 3.48. The number of aromatic nitrogens is 2. The molecule has 2 heterocycles. The molecule has 1 atom stereocenters. The Labute approximate surface area is 164 Å². The number of benzene rings is 2. The number of carbonyl (C=O) groups excluding carboxylic acids is 1. The number of para-hydroxylation sites is 2. The molecule has 4 rings (SSSR count). The van der Waals surface area contributed by atoms with Gasteiger partial charge >= 0.3 is 0 Å². The first kappa shape index (κ1) is 18.2. The van der Waals surface area contributed by atoms with E-state index in [1.54, 1.807) is 31.3 Å². The van der Waals surface area contributed by atoms with Crippen molar-refractivity contribution in [1.82, 2.24) is 15.0 Å². The molecule has 28 heavy (non-hydrogen) atoms. The Morgan fingerprint density at radius 1 is 1.18 bits per heavy atom. The molecular formula is C19H17N4O4S+. The van der Waals surface area contributed by atoms with E-state index in [0.29, 0.717) is 33.2 Å². The van der Waals surface area contributed by atoms with Gasteiger partial charge in [-0.2, -0.15) is 0 Å². The van der Waals surface area contributed by atoms with Gasteiger partial charge in [0.25, 0.3) is 23.4 Å². The van der Waals surface area contributed by atoms with Crippen molar-refractivity contribution in [3.8, 4) is 5.75 Å². The van der Waals surface area contributed by atoms with E-state index in [4.69, 9.17) is 4.74 Å². The van der Waals surface area contributed by atoms with Gasteiger partial charge in [-0.05, 0) is 23.8 Å². The molecule has 1 saturated heterocycles. The van der Waals surface area contributed by atoms with Crippen molar-refractivity contribution in [3.63, 3.8) is 0 Å². The van der Waals surface area contributed by atoms with Crippen LogP contribution in [0.4, 0.5) is 0 Å². The summed E-state index contributed by atoms with van der Waals surface area (Å²) in [7, 11) is 1.66. The van der Waals surface area contributed by atoms with Crippen molar-refractivity contribution < 1.29 is 13.8 Å². The first-order chi connectivity index (χ1) is 13.5. The molecular weight excluding hydrogens is 380 g/mol. The lowest BCUT2D eigenvalue weighted by molar-refractivity contribution is -0.420. The molecule has 0 saturated carbocycles. The van der Waals surface area contributed by atoms with Gasteiger partial charge in [0.15, 0.2) is 5.25 Å². The number of hydrogen-bond acceptors (Lipinski definition) is 6. The number of hydrazine groups is 1. The number of nitrogens with one attached hydrogen (secondary N) is 1. The van der Waals surface area contributed by atoms with Crippen LogP contribution >= 0.6 is 11.9 Å². The summed E-state index contributed by atoms with van der Waals surface area (Å²) in [5.41, 5.74) is 3.50. The minimum atomic E-state index is -0.509. The lowest BCUT2D eigenvalue weighted by Crippen LogP contribution is -2.26. The summed E-state index contributed by atoms with van der Waals surface area (Å²) in [6.45, 7) is 0.102. The highest BCUT2D eigenvalue weighted by Crippen LogP contribution is 2.27. The molecule has 1 aromatic heterocycles. The molecule has 9 heteroatoms. The summed E-state index contributed by atoms with van der Waals surface area (Å²) >= 11 is 0.901. The van der Waals surface area contributed by atoms with Crippen molar-refractivity contribution in [2.75, 3.05) is 0 Å². The van der Waals surface area contributed by atoms with Crippen molar-refractivity contribution in [2.45, 2.75) is 18.3 Å². The maximum atomic E-state index is 12.5. The second-order valence-electron chi connectivity index (χ2n) is 6.34. The van der Waals surface area contributed by atoms with Gasteiger partial charge in [-0.15, -0.1) is 0 Å². The summed E-state index contributed by atoms with van der Waals surface area (Å²) in [5, 5.41) is 0.0472. The quantitative estimate of drug-likeness (QED) is 0.522. The van der Waals surface area contributed by atoms with Crippen LogP contribution in [-0.2, 0) is 24.9 Å². The topological polar surface area (TPSA) is 93.3 Å². The molecule has 0 bridgehead atoms. The van der Waals surface area contributed by atoms with Crippen molar-refractivity contribution in [2.24, 2.45) is 7.05 Å². The molecule has 1 unspecified atom stereocenters. The van der Waals surface area contributed by atoms with Gasteiger partial charge in [0.2, 0.25) is 4.27 Å². The van der Waals surface area contributed by atoms with Gasteiger partial charge in [-0.3, -0.25) is 14.2 Å². The first-order valence-electron chi connectivity index (χ1n) is 8.63. The fraction of sp³-hybridized carbons (Fsp3) is 0.211.